The number of nitro benzene ring substituents is 1. The van der Waals surface area contributed by atoms with Crippen molar-refractivity contribution in [3.63, 3.8) is 0 Å². The largest absolute Gasteiger partial charge is 0.270 e. The molecule has 0 saturated carbocycles. The van der Waals surface area contributed by atoms with E-state index in [4.69, 9.17) is 0 Å². The molecule has 26 heavy (non-hydrogen) atoms. The molecule has 130 valence electrons. The molecule has 0 aliphatic rings. The summed E-state index contributed by atoms with van der Waals surface area (Å²) in [5.41, 5.74) is 6.22. The Bertz CT molecular complexity index is 971. The Morgan fingerprint density at radius 2 is 1.85 bits per heavy atom. The first-order valence-electron chi connectivity index (χ1n) is 7.99. The molecule has 0 spiro atoms. The highest BCUT2D eigenvalue weighted by molar-refractivity contribution is 5.81. The summed E-state index contributed by atoms with van der Waals surface area (Å²) in [5, 5.41) is 15.0. The van der Waals surface area contributed by atoms with Crippen molar-refractivity contribution in [3.8, 4) is 11.4 Å². The Kier molecular flexibility index (Phi) is 4.98. The summed E-state index contributed by atoms with van der Waals surface area (Å²) >= 11 is 0. The molecule has 0 fully saturated rings. The van der Waals surface area contributed by atoms with Gasteiger partial charge in [-0.05, 0) is 13.8 Å². The molecule has 3 rings (SSSR count). The molecule has 3 aromatic rings. The first-order valence-corrected chi connectivity index (χ1v) is 7.99. The minimum absolute atomic E-state index is 0.0226. The third kappa shape index (κ3) is 3.89. The van der Waals surface area contributed by atoms with Crippen molar-refractivity contribution in [2.45, 2.75) is 13.8 Å². The molecule has 1 N–H and O–H groups in total. The predicted octanol–water partition coefficient (Wildman–Crippen LogP) is 4.11. The SMILES string of the molecule is Cc1nc(-c2ccccc2)nc(N/N=C/c2cccc([N+](=O)[O-])c2)c1C. The molecule has 1 aromatic heterocycles. The zero-order chi connectivity index (χ0) is 18.5. The van der Waals surface area contributed by atoms with Gasteiger partial charge in [-0.25, -0.2) is 9.97 Å². The van der Waals surface area contributed by atoms with Crippen molar-refractivity contribution < 1.29 is 4.92 Å². The van der Waals surface area contributed by atoms with Gasteiger partial charge >= 0.3 is 0 Å². The molecule has 1 heterocycles. The second-order valence-electron chi connectivity index (χ2n) is 5.69. The number of non-ortho nitro benzene ring substituents is 1. The second kappa shape index (κ2) is 7.52. The van der Waals surface area contributed by atoms with Gasteiger partial charge in [0.15, 0.2) is 11.6 Å². The maximum atomic E-state index is 10.8. The number of rotatable bonds is 5. The molecule has 0 atom stereocenters. The van der Waals surface area contributed by atoms with E-state index in [1.165, 1.54) is 18.3 Å². The molecule has 0 saturated heterocycles. The van der Waals surface area contributed by atoms with E-state index in [-0.39, 0.29) is 5.69 Å². The molecule has 0 bridgehead atoms. The van der Waals surface area contributed by atoms with Crippen molar-refractivity contribution in [1.29, 1.82) is 0 Å². The Morgan fingerprint density at radius 3 is 2.58 bits per heavy atom. The fourth-order valence-electron chi connectivity index (χ4n) is 2.34. The highest BCUT2D eigenvalue weighted by Gasteiger charge is 2.09. The molecular weight excluding hydrogens is 330 g/mol. The summed E-state index contributed by atoms with van der Waals surface area (Å²) in [6.45, 7) is 3.83. The lowest BCUT2D eigenvalue weighted by molar-refractivity contribution is -0.384. The van der Waals surface area contributed by atoms with E-state index in [0.717, 1.165) is 16.8 Å². The van der Waals surface area contributed by atoms with E-state index in [9.17, 15) is 10.1 Å². The third-order valence-electron chi connectivity index (χ3n) is 3.89. The van der Waals surface area contributed by atoms with Crippen LogP contribution in [0.4, 0.5) is 11.5 Å². The van der Waals surface area contributed by atoms with Gasteiger partial charge in [0.05, 0.1) is 11.1 Å². The van der Waals surface area contributed by atoms with E-state index in [0.29, 0.717) is 17.2 Å². The van der Waals surface area contributed by atoms with Crippen molar-refractivity contribution in [2.24, 2.45) is 5.10 Å². The van der Waals surface area contributed by atoms with Gasteiger partial charge < -0.3 is 0 Å². The average Bonchev–Trinajstić information content (AvgIpc) is 2.66. The van der Waals surface area contributed by atoms with Crippen LogP contribution in [0.25, 0.3) is 11.4 Å². The summed E-state index contributed by atoms with van der Waals surface area (Å²) in [5.74, 6) is 1.21. The number of hydrogen-bond acceptors (Lipinski definition) is 6. The lowest BCUT2D eigenvalue weighted by atomic mass is 10.2. The first kappa shape index (κ1) is 17.2. The number of anilines is 1. The third-order valence-corrected chi connectivity index (χ3v) is 3.89. The standard InChI is InChI=1S/C19H17N5O2/c1-13-14(2)21-19(16-8-4-3-5-9-16)22-18(13)23-20-12-15-7-6-10-17(11-15)24(25)26/h3-12H,1-2H3,(H,21,22,23)/b20-12+. The van der Waals surface area contributed by atoms with Crippen LogP contribution in [-0.2, 0) is 0 Å². The van der Waals surface area contributed by atoms with Crippen LogP contribution in [0.2, 0.25) is 0 Å². The first-order chi connectivity index (χ1) is 12.5. The van der Waals surface area contributed by atoms with Crippen molar-refractivity contribution in [1.82, 2.24) is 9.97 Å². The van der Waals surface area contributed by atoms with Crippen LogP contribution in [0.1, 0.15) is 16.8 Å². The number of aryl methyl sites for hydroxylation is 1. The normalized spacial score (nSPS) is 10.8. The fraction of sp³-hybridized carbons (Fsp3) is 0.105. The van der Waals surface area contributed by atoms with Gasteiger partial charge in [0, 0.05) is 34.5 Å². The number of nitro groups is 1. The monoisotopic (exact) mass is 347 g/mol. The molecule has 0 unspecified atom stereocenters. The fourth-order valence-corrected chi connectivity index (χ4v) is 2.34. The topological polar surface area (TPSA) is 93.3 Å². The maximum Gasteiger partial charge on any atom is 0.270 e. The van der Waals surface area contributed by atoms with Crippen LogP contribution >= 0.6 is 0 Å². The van der Waals surface area contributed by atoms with E-state index >= 15 is 0 Å². The lowest BCUT2D eigenvalue weighted by Gasteiger charge is -2.09. The maximum absolute atomic E-state index is 10.8. The zero-order valence-corrected chi connectivity index (χ0v) is 14.4. The molecule has 7 heteroatoms. The summed E-state index contributed by atoms with van der Waals surface area (Å²) < 4.78 is 0. The summed E-state index contributed by atoms with van der Waals surface area (Å²) in [6, 6.07) is 15.9. The molecule has 0 aliphatic carbocycles. The van der Waals surface area contributed by atoms with Crippen LogP contribution in [-0.4, -0.2) is 21.1 Å². The summed E-state index contributed by atoms with van der Waals surface area (Å²) in [6.07, 6.45) is 1.52. The Labute approximate surface area is 150 Å². The highest BCUT2D eigenvalue weighted by Crippen LogP contribution is 2.21. The molecule has 7 nitrogen and oxygen atoms in total. The van der Waals surface area contributed by atoms with Crippen molar-refractivity contribution in [3.05, 3.63) is 81.5 Å². The van der Waals surface area contributed by atoms with E-state index in [2.05, 4.69) is 20.5 Å². The quantitative estimate of drug-likeness (QED) is 0.426. The van der Waals surface area contributed by atoms with Gasteiger partial charge in [-0.2, -0.15) is 5.10 Å². The van der Waals surface area contributed by atoms with Crippen LogP contribution < -0.4 is 5.43 Å². The minimum Gasteiger partial charge on any atom is -0.261 e. The predicted molar refractivity (Wildman–Crippen MR) is 101 cm³/mol. The molecule has 2 aromatic carbocycles. The Balaban J connectivity index is 1.85. The van der Waals surface area contributed by atoms with Crippen LogP contribution in [0, 0.1) is 24.0 Å². The highest BCUT2D eigenvalue weighted by atomic mass is 16.6. The van der Waals surface area contributed by atoms with Gasteiger partial charge in [0.2, 0.25) is 0 Å². The van der Waals surface area contributed by atoms with Gasteiger partial charge in [-0.3, -0.25) is 15.5 Å². The minimum atomic E-state index is -0.436. The molecule has 0 radical (unpaired) electrons. The Morgan fingerprint density at radius 1 is 1.08 bits per heavy atom. The van der Waals surface area contributed by atoms with Crippen LogP contribution in [0.5, 0.6) is 0 Å². The smallest absolute Gasteiger partial charge is 0.261 e. The number of aromatic nitrogens is 2. The average molecular weight is 347 g/mol. The van der Waals surface area contributed by atoms with E-state index in [1.54, 1.807) is 12.1 Å². The van der Waals surface area contributed by atoms with Gasteiger partial charge in [0.1, 0.15) is 0 Å². The van der Waals surface area contributed by atoms with Gasteiger partial charge in [-0.15, -0.1) is 0 Å². The van der Waals surface area contributed by atoms with Crippen molar-refractivity contribution in [2.75, 3.05) is 5.43 Å². The number of nitrogens with one attached hydrogen (secondary N) is 1. The summed E-state index contributed by atoms with van der Waals surface area (Å²) in [4.78, 5) is 19.5. The molecule has 0 amide bonds. The van der Waals surface area contributed by atoms with E-state index in [1.807, 2.05) is 44.2 Å². The van der Waals surface area contributed by atoms with E-state index < -0.39 is 4.92 Å². The lowest BCUT2D eigenvalue weighted by Crippen LogP contribution is -2.03. The summed E-state index contributed by atoms with van der Waals surface area (Å²) in [7, 11) is 0. The van der Waals surface area contributed by atoms with Crippen LogP contribution in [0.15, 0.2) is 59.7 Å². The number of benzene rings is 2. The van der Waals surface area contributed by atoms with Crippen LogP contribution in [0.3, 0.4) is 0 Å². The second-order valence-corrected chi connectivity index (χ2v) is 5.69. The number of hydrazone groups is 1. The van der Waals surface area contributed by atoms with Crippen molar-refractivity contribution >= 4 is 17.7 Å². The Hall–Kier alpha value is -3.61. The molecule has 0 aliphatic heterocycles. The zero-order valence-electron chi connectivity index (χ0n) is 14.4. The number of nitrogens with zero attached hydrogens (tertiary/aromatic N) is 4. The van der Waals surface area contributed by atoms with Gasteiger partial charge in [-0.1, -0.05) is 42.5 Å². The molecular formula is C19H17N5O2. The van der Waals surface area contributed by atoms with Gasteiger partial charge in [0.25, 0.3) is 5.69 Å². The number of hydrogen-bond donors (Lipinski definition) is 1.